The van der Waals surface area contributed by atoms with Crippen LogP contribution in [0.2, 0.25) is 0 Å². The zero-order valence-corrected chi connectivity index (χ0v) is 12.9. The summed E-state index contributed by atoms with van der Waals surface area (Å²) in [4.78, 5) is 16.2. The van der Waals surface area contributed by atoms with Crippen molar-refractivity contribution in [2.24, 2.45) is 0 Å². The Hall–Kier alpha value is -2.39. The van der Waals surface area contributed by atoms with Gasteiger partial charge < -0.3 is 10.6 Å². The molecule has 0 aliphatic carbocycles. The number of nitriles is 1. The second-order valence-corrected chi connectivity index (χ2v) is 5.13. The second-order valence-electron chi connectivity index (χ2n) is 4.22. The molecule has 0 bridgehead atoms. The lowest BCUT2D eigenvalue weighted by Gasteiger charge is -2.08. The molecule has 0 aliphatic heterocycles. The van der Waals surface area contributed by atoms with Gasteiger partial charge in [0.05, 0.1) is 23.1 Å². The van der Waals surface area contributed by atoms with E-state index in [-0.39, 0.29) is 5.91 Å². The van der Waals surface area contributed by atoms with E-state index in [0.717, 1.165) is 16.7 Å². The van der Waals surface area contributed by atoms with Gasteiger partial charge >= 0.3 is 0 Å². The highest BCUT2D eigenvalue weighted by Gasteiger charge is 2.10. The summed E-state index contributed by atoms with van der Waals surface area (Å²) in [7, 11) is 0. The van der Waals surface area contributed by atoms with Crippen molar-refractivity contribution >= 4 is 33.2 Å². The van der Waals surface area contributed by atoms with Crippen molar-refractivity contribution in [1.29, 1.82) is 5.26 Å². The molecule has 6 heteroatoms. The summed E-state index contributed by atoms with van der Waals surface area (Å²) >= 11 is 3.29. The molecule has 0 saturated heterocycles. The van der Waals surface area contributed by atoms with Crippen LogP contribution in [0.25, 0.3) is 0 Å². The number of anilines is 2. The number of carbonyl (C=O) groups excluding carboxylic acids is 1. The minimum atomic E-state index is -0.350. The van der Waals surface area contributed by atoms with Gasteiger partial charge in [0.1, 0.15) is 11.8 Å². The molecule has 1 aromatic heterocycles. The van der Waals surface area contributed by atoms with Crippen molar-refractivity contribution in [3.63, 3.8) is 0 Å². The van der Waals surface area contributed by atoms with Crippen LogP contribution in [0.3, 0.4) is 0 Å². The summed E-state index contributed by atoms with van der Waals surface area (Å²) in [5.41, 5.74) is 2.00. The molecular weight excluding hydrogens is 332 g/mol. The SMILES string of the molecule is CCNc1ccc(C(=O)Nc2ccc(Br)cc2C#N)nc1. The van der Waals surface area contributed by atoms with Gasteiger partial charge in [0.25, 0.3) is 5.91 Å². The van der Waals surface area contributed by atoms with Crippen LogP contribution in [0.1, 0.15) is 23.0 Å². The Balaban J connectivity index is 2.16. The van der Waals surface area contributed by atoms with Crippen LogP contribution in [0.4, 0.5) is 11.4 Å². The first-order valence-corrected chi connectivity index (χ1v) is 7.14. The van der Waals surface area contributed by atoms with Crippen LogP contribution in [0.15, 0.2) is 41.0 Å². The van der Waals surface area contributed by atoms with Crippen molar-refractivity contribution in [3.8, 4) is 6.07 Å². The summed E-state index contributed by atoms with van der Waals surface area (Å²) in [5.74, 6) is -0.350. The first-order chi connectivity index (χ1) is 10.1. The Morgan fingerprint density at radius 2 is 2.19 bits per heavy atom. The number of aromatic nitrogens is 1. The van der Waals surface area contributed by atoms with Gasteiger partial charge in [-0.1, -0.05) is 15.9 Å². The molecule has 0 radical (unpaired) electrons. The third kappa shape index (κ3) is 3.80. The molecule has 0 saturated carbocycles. The summed E-state index contributed by atoms with van der Waals surface area (Å²) in [6.07, 6.45) is 1.60. The predicted octanol–water partition coefficient (Wildman–Crippen LogP) is 3.40. The Labute approximate surface area is 131 Å². The molecule has 0 atom stereocenters. The molecule has 1 amide bonds. The molecule has 21 heavy (non-hydrogen) atoms. The lowest BCUT2D eigenvalue weighted by molar-refractivity contribution is 0.102. The Morgan fingerprint density at radius 3 is 2.81 bits per heavy atom. The normalized spacial score (nSPS) is 9.76. The standard InChI is InChI=1S/C15H13BrN4O/c1-2-18-12-4-6-14(19-9-12)15(21)20-13-5-3-11(16)7-10(13)8-17/h3-7,9,18H,2H2,1H3,(H,20,21). The summed E-state index contributed by atoms with van der Waals surface area (Å²) < 4.78 is 0.783. The number of carbonyl (C=O) groups is 1. The minimum absolute atomic E-state index is 0.295. The van der Waals surface area contributed by atoms with E-state index in [1.54, 1.807) is 36.5 Å². The zero-order chi connectivity index (χ0) is 15.2. The lowest BCUT2D eigenvalue weighted by Crippen LogP contribution is -2.14. The number of halogens is 1. The third-order valence-corrected chi connectivity index (χ3v) is 3.22. The quantitative estimate of drug-likeness (QED) is 0.890. The van der Waals surface area contributed by atoms with Crippen LogP contribution >= 0.6 is 15.9 Å². The number of amides is 1. The smallest absolute Gasteiger partial charge is 0.274 e. The molecule has 106 valence electrons. The number of benzene rings is 1. The largest absolute Gasteiger partial charge is 0.384 e. The number of rotatable bonds is 4. The highest BCUT2D eigenvalue weighted by Crippen LogP contribution is 2.20. The Kier molecular flexibility index (Phi) is 4.90. The van der Waals surface area contributed by atoms with Gasteiger partial charge in [-0.2, -0.15) is 5.26 Å². The van der Waals surface area contributed by atoms with E-state index in [0.29, 0.717) is 16.9 Å². The highest BCUT2D eigenvalue weighted by molar-refractivity contribution is 9.10. The van der Waals surface area contributed by atoms with Gasteiger partial charge in [0, 0.05) is 11.0 Å². The van der Waals surface area contributed by atoms with Gasteiger partial charge in [-0.05, 0) is 37.3 Å². The molecule has 0 spiro atoms. The summed E-state index contributed by atoms with van der Waals surface area (Å²) in [5, 5.41) is 14.9. The summed E-state index contributed by atoms with van der Waals surface area (Å²) in [6, 6.07) is 10.6. The number of nitrogens with one attached hydrogen (secondary N) is 2. The van der Waals surface area contributed by atoms with Crippen LogP contribution in [-0.2, 0) is 0 Å². The second kappa shape index (κ2) is 6.86. The Bertz CT molecular complexity index is 692. The molecule has 2 aromatic rings. The van der Waals surface area contributed by atoms with Crippen LogP contribution < -0.4 is 10.6 Å². The maximum absolute atomic E-state index is 12.1. The number of pyridine rings is 1. The highest BCUT2D eigenvalue weighted by atomic mass is 79.9. The molecule has 2 rings (SSSR count). The van der Waals surface area contributed by atoms with Gasteiger partial charge in [-0.15, -0.1) is 0 Å². The van der Waals surface area contributed by atoms with Crippen molar-refractivity contribution in [3.05, 3.63) is 52.3 Å². The number of nitrogens with zero attached hydrogens (tertiary/aromatic N) is 2. The molecular formula is C15H13BrN4O. The molecule has 1 aromatic carbocycles. The van der Waals surface area contributed by atoms with E-state index in [9.17, 15) is 4.79 Å². The monoisotopic (exact) mass is 344 g/mol. The van der Waals surface area contributed by atoms with Gasteiger partial charge in [-0.3, -0.25) is 4.79 Å². The fourth-order valence-corrected chi connectivity index (χ4v) is 2.10. The maximum Gasteiger partial charge on any atom is 0.274 e. The van der Waals surface area contributed by atoms with Crippen LogP contribution in [-0.4, -0.2) is 17.4 Å². The van der Waals surface area contributed by atoms with E-state index >= 15 is 0 Å². The zero-order valence-electron chi connectivity index (χ0n) is 11.4. The van der Waals surface area contributed by atoms with E-state index in [4.69, 9.17) is 5.26 Å². The predicted molar refractivity (Wildman–Crippen MR) is 85.2 cm³/mol. The molecule has 1 heterocycles. The van der Waals surface area contributed by atoms with E-state index in [1.807, 2.05) is 13.0 Å². The third-order valence-electron chi connectivity index (χ3n) is 2.73. The topological polar surface area (TPSA) is 77.8 Å². The molecule has 5 nitrogen and oxygen atoms in total. The van der Waals surface area contributed by atoms with Crippen molar-refractivity contribution in [2.75, 3.05) is 17.2 Å². The van der Waals surface area contributed by atoms with Crippen molar-refractivity contribution in [2.45, 2.75) is 6.92 Å². The number of hydrogen-bond donors (Lipinski definition) is 2. The minimum Gasteiger partial charge on any atom is -0.384 e. The summed E-state index contributed by atoms with van der Waals surface area (Å²) in [6.45, 7) is 2.77. The van der Waals surface area contributed by atoms with E-state index < -0.39 is 0 Å². The van der Waals surface area contributed by atoms with E-state index in [1.165, 1.54) is 0 Å². The van der Waals surface area contributed by atoms with Crippen molar-refractivity contribution in [1.82, 2.24) is 4.98 Å². The molecule has 0 aliphatic rings. The Morgan fingerprint density at radius 1 is 1.38 bits per heavy atom. The van der Waals surface area contributed by atoms with Crippen molar-refractivity contribution < 1.29 is 4.79 Å². The maximum atomic E-state index is 12.1. The van der Waals surface area contributed by atoms with Gasteiger partial charge in [0.15, 0.2) is 0 Å². The lowest BCUT2D eigenvalue weighted by atomic mass is 10.2. The fourth-order valence-electron chi connectivity index (χ4n) is 1.74. The molecule has 2 N–H and O–H groups in total. The molecule has 0 unspecified atom stereocenters. The molecule has 0 fully saturated rings. The van der Waals surface area contributed by atoms with Gasteiger partial charge in [-0.25, -0.2) is 4.98 Å². The number of hydrogen-bond acceptors (Lipinski definition) is 4. The van der Waals surface area contributed by atoms with Crippen LogP contribution in [0, 0.1) is 11.3 Å². The van der Waals surface area contributed by atoms with E-state index in [2.05, 4.69) is 31.5 Å². The average molecular weight is 345 g/mol. The van der Waals surface area contributed by atoms with Crippen LogP contribution in [0.5, 0.6) is 0 Å². The first kappa shape index (κ1) is 15.0. The first-order valence-electron chi connectivity index (χ1n) is 6.35. The fraction of sp³-hybridized carbons (Fsp3) is 0.133. The average Bonchev–Trinajstić information content (AvgIpc) is 2.50. The van der Waals surface area contributed by atoms with Gasteiger partial charge in [0.2, 0.25) is 0 Å².